The maximum absolute atomic E-state index is 9.58. The molecule has 1 heterocycles. The van der Waals surface area contributed by atoms with Crippen molar-refractivity contribution in [2.45, 2.75) is 18.9 Å². The number of aryl methyl sites for hydroxylation is 1. The number of anilines is 1. The minimum Gasteiger partial charge on any atom is -0.508 e. The summed E-state index contributed by atoms with van der Waals surface area (Å²) in [6, 6.07) is 16.2. The van der Waals surface area contributed by atoms with Crippen LogP contribution in [0.25, 0.3) is 10.9 Å². The molecule has 1 atom stereocenters. The van der Waals surface area contributed by atoms with Crippen LogP contribution in [-0.4, -0.2) is 10.1 Å². The van der Waals surface area contributed by atoms with Crippen molar-refractivity contribution in [1.29, 1.82) is 0 Å². The fourth-order valence-corrected chi connectivity index (χ4v) is 3.16. The van der Waals surface area contributed by atoms with Crippen LogP contribution in [0.15, 0.2) is 54.7 Å². The van der Waals surface area contributed by atoms with Gasteiger partial charge in [-0.1, -0.05) is 24.3 Å². The van der Waals surface area contributed by atoms with Gasteiger partial charge in [0.1, 0.15) is 5.75 Å². The summed E-state index contributed by atoms with van der Waals surface area (Å²) in [4.78, 5) is 4.49. The molecule has 0 aliphatic heterocycles. The molecule has 2 aromatic carbocycles. The summed E-state index contributed by atoms with van der Waals surface area (Å²) in [6.45, 7) is 0. The van der Waals surface area contributed by atoms with Crippen molar-refractivity contribution in [1.82, 2.24) is 4.98 Å². The zero-order chi connectivity index (χ0) is 14.2. The molecule has 0 amide bonds. The predicted molar refractivity (Wildman–Crippen MR) is 84.5 cm³/mol. The fourth-order valence-electron chi connectivity index (χ4n) is 3.16. The van der Waals surface area contributed by atoms with Gasteiger partial charge in [-0.25, -0.2) is 0 Å². The van der Waals surface area contributed by atoms with Gasteiger partial charge in [0.15, 0.2) is 0 Å². The Bertz CT molecular complexity index is 808. The number of phenols is 1. The van der Waals surface area contributed by atoms with Crippen LogP contribution in [0.1, 0.15) is 23.6 Å². The van der Waals surface area contributed by atoms with Gasteiger partial charge in [0.2, 0.25) is 0 Å². The molecule has 1 unspecified atom stereocenters. The molecule has 1 aliphatic rings. The number of para-hydroxylation sites is 1. The molecule has 2 N–H and O–H groups in total. The van der Waals surface area contributed by atoms with Crippen LogP contribution in [0.5, 0.6) is 5.75 Å². The first-order valence-corrected chi connectivity index (χ1v) is 7.23. The number of fused-ring (bicyclic) bond motifs is 2. The summed E-state index contributed by atoms with van der Waals surface area (Å²) in [6.07, 6.45) is 3.87. The standard InChI is InChI=1S/C18H16N2O/c21-14-7-8-15-13(11-14)6-9-16(15)20-17-5-1-3-12-4-2-10-19-18(12)17/h1-5,7-8,10-11,16,20-21H,6,9H2. The molecule has 21 heavy (non-hydrogen) atoms. The Labute approximate surface area is 123 Å². The molecular formula is C18H16N2O. The van der Waals surface area contributed by atoms with E-state index in [1.54, 1.807) is 6.07 Å². The molecular weight excluding hydrogens is 260 g/mol. The zero-order valence-corrected chi connectivity index (χ0v) is 11.6. The number of aromatic nitrogens is 1. The topological polar surface area (TPSA) is 45.1 Å². The lowest BCUT2D eigenvalue weighted by molar-refractivity contribution is 0.474. The molecule has 1 aromatic heterocycles. The van der Waals surface area contributed by atoms with Crippen molar-refractivity contribution < 1.29 is 5.11 Å². The number of nitrogens with one attached hydrogen (secondary N) is 1. The smallest absolute Gasteiger partial charge is 0.115 e. The molecule has 3 heteroatoms. The maximum atomic E-state index is 9.58. The van der Waals surface area contributed by atoms with E-state index in [9.17, 15) is 5.11 Å². The van der Waals surface area contributed by atoms with Crippen LogP contribution in [-0.2, 0) is 6.42 Å². The van der Waals surface area contributed by atoms with Gasteiger partial charge in [0, 0.05) is 11.6 Å². The summed E-state index contributed by atoms with van der Waals surface area (Å²) >= 11 is 0. The van der Waals surface area contributed by atoms with Gasteiger partial charge in [-0.2, -0.15) is 0 Å². The lowest BCUT2D eigenvalue weighted by Gasteiger charge is -2.17. The number of phenolic OH excluding ortho intramolecular Hbond substituents is 1. The quantitative estimate of drug-likeness (QED) is 0.742. The SMILES string of the molecule is Oc1ccc2c(c1)CCC2Nc1cccc2cccnc12. The molecule has 0 bridgehead atoms. The number of aromatic hydroxyl groups is 1. The number of pyridine rings is 1. The largest absolute Gasteiger partial charge is 0.508 e. The molecule has 0 spiro atoms. The fraction of sp³-hybridized carbons (Fsp3) is 0.167. The number of hydrogen-bond acceptors (Lipinski definition) is 3. The molecule has 0 fully saturated rings. The Morgan fingerprint density at radius 3 is 2.95 bits per heavy atom. The van der Waals surface area contributed by atoms with Crippen molar-refractivity contribution in [2.75, 3.05) is 5.32 Å². The minimum atomic E-state index is 0.285. The third kappa shape index (κ3) is 2.11. The van der Waals surface area contributed by atoms with Crippen LogP contribution in [0, 0.1) is 0 Å². The Morgan fingerprint density at radius 1 is 1.10 bits per heavy atom. The first kappa shape index (κ1) is 12.2. The van der Waals surface area contributed by atoms with Gasteiger partial charge in [0.25, 0.3) is 0 Å². The van der Waals surface area contributed by atoms with Gasteiger partial charge in [-0.15, -0.1) is 0 Å². The van der Waals surface area contributed by atoms with Gasteiger partial charge in [0.05, 0.1) is 17.2 Å². The second kappa shape index (κ2) is 4.77. The van der Waals surface area contributed by atoms with Gasteiger partial charge in [-0.3, -0.25) is 4.98 Å². The second-order valence-corrected chi connectivity index (χ2v) is 5.50. The van der Waals surface area contributed by atoms with E-state index in [1.165, 1.54) is 11.1 Å². The van der Waals surface area contributed by atoms with Crippen LogP contribution in [0.2, 0.25) is 0 Å². The third-order valence-electron chi connectivity index (χ3n) is 4.17. The Hall–Kier alpha value is -2.55. The van der Waals surface area contributed by atoms with E-state index in [1.807, 2.05) is 24.4 Å². The zero-order valence-electron chi connectivity index (χ0n) is 11.6. The highest BCUT2D eigenvalue weighted by Crippen LogP contribution is 2.36. The lowest BCUT2D eigenvalue weighted by Crippen LogP contribution is -2.07. The number of rotatable bonds is 2. The number of benzene rings is 2. The van der Waals surface area contributed by atoms with E-state index in [4.69, 9.17) is 0 Å². The monoisotopic (exact) mass is 276 g/mol. The molecule has 0 saturated heterocycles. The Morgan fingerprint density at radius 2 is 2.00 bits per heavy atom. The van der Waals surface area contributed by atoms with Gasteiger partial charge < -0.3 is 10.4 Å². The molecule has 3 nitrogen and oxygen atoms in total. The third-order valence-corrected chi connectivity index (χ3v) is 4.17. The summed E-state index contributed by atoms with van der Waals surface area (Å²) in [5.41, 5.74) is 4.59. The van der Waals surface area contributed by atoms with Crippen LogP contribution >= 0.6 is 0 Å². The molecule has 4 rings (SSSR count). The van der Waals surface area contributed by atoms with E-state index < -0.39 is 0 Å². The average Bonchev–Trinajstić information content (AvgIpc) is 2.90. The highest BCUT2D eigenvalue weighted by atomic mass is 16.3. The molecule has 104 valence electrons. The van der Waals surface area contributed by atoms with Crippen molar-refractivity contribution in [2.24, 2.45) is 0 Å². The minimum absolute atomic E-state index is 0.285. The second-order valence-electron chi connectivity index (χ2n) is 5.50. The van der Waals surface area contributed by atoms with Crippen molar-refractivity contribution in [3.8, 4) is 5.75 Å². The summed E-state index contributed by atoms with van der Waals surface area (Å²) in [7, 11) is 0. The van der Waals surface area contributed by atoms with E-state index in [2.05, 4.69) is 34.6 Å². The van der Waals surface area contributed by atoms with Crippen LogP contribution in [0.3, 0.4) is 0 Å². The van der Waals surface area contributed by atoms with E-state index in [-0.39, 0.29) is 6.04 Å². The lowest BCUT2D eigenvalue weighted by atomic mass is 10.1. The highest BCUT2D eigenvalue weighted by molar-refractivity contribution is 5.90. The van der Waals surface area contributed by atoms with E-state index in [0.29, 0.717) is 5.75 Å². The van der Waals surface area contributed by atoms with Gasteiger partial charge >= 0.3 is 0 Å². The summed E-state index contributed by atoms with van der Waals surface area (Å²) in [5, 5.41) is 14.3. The average molecular weight is 276 g/mol. The summed E-state index contributed by atoms with van der Waals surface area (Å²) in [5.74, 6) is 0.348. The molecule has 1 aliphatic carbocycles. The van der Waals surface area contributed by atoms with E-state index >= 15 is 0 Å². The molecule has 3 aromatic rings. The summed E-state index contributed by atoms with van der Waals surface area (Å²) < 4.78 is 0. The Balaban J connectivity index is 1.71. The van der Waals surface area contributed by atoms with Crippen LogP contribution in [0.4, 0.5) is 5.69 Å². The first-order chi connectivity index (χ1) is 10.3. The predicted octanol–water partition coefficient (Wildman–Crippen LogP) is 4.04. The molecule has 0 saturated carbocycles. The Kier molecular flexibility index (Phi) is 2.78. The molecule has 0 radical (unpaired) electrons. The van der Waals surface area contributed by atoms with Crippen molar-refractivity contribution >= 4 is 16.6 Å². The van der Waals surface area contributed by atoms with Crippen molar-refractivity contribution in [3.63, 3.8) is 0 Å². The first-order valence-electron chi connectivity index (χ1n) is 7.23. The highest BCUT2D eigenvalue weighted by Gasteiger charge is 2.23. The normalized spacial score (nSPS) is 16.9. The number of nitrogens with zero attached hydrogens (tertiary/aromatic N) is 1. The number of hydrogen-bond donors (Lipinski definition) is 2. The van der Waals surface area contributed by atoms with Crippen molar-refractivity contribution in [3.05, 3.63) is 65.9 Å². The van der Waals surface area contributed by atoms with Gasteiger partial charge in [-0.05, 0) is 48.2 Å². The van der Waals surface area contributed by atoms with E-state index in [0.717, 1.165) is 29.4 Å². The maximum Gasteiger partial charge on any atom is 0.115 e. The van der Waals surface area contributed by atoms with Crippen LogP contribution < -0.4 is 5.32 Å².